The van der Waals surface area contributed by atoms with Gasteiger partial charge in [-0.3, -0.25) is 4.79 Å². The molecule has 3 heteroatoms. The normalized spacial score (nSPS) is 20.5. The topological polar surface area (TPSA) is 20.3 Å². The van der Waals surface area contributed by atoms with E-state index in [2.05, 4.69) is 13.0 Å². The molecule has 16 heavy (non-hydrogen) atoms. The van der Waals surface area contributed by atoms with Crippen molar-refractivity contribution in [2.45, 2.75) is 19.8 Å². The van der Waals surface area contributed by atoms with E-state index < -0.39 is 0 Å². The van der Waals surface area contributed by atoms with Gasteiger partial charge in [-0.15, -0.1) is 11.6 Å². The molecule has 1 aliphatic rings. The molecule has 1 atom stereocenters. The summed E-state index contributed by atoms with van der Waals surface area (Å²) >= 11 is 5.82. The summed E-state index contributed by atoms with van der Waals surface area (Å²) in [5.41, 5.74) is 2.29. The fourth-order valence-electron chi connectivity index (χ4n) is 2.19. The third kappa shape index (κ3) is 2.07. The molecule has 1 aromatic carbocycles. The average molecular weight is 238 g/mol. The monoisotopic (exact) mass is 237 g/mol. The molecule has 0 spiro atoms. The van der Waals surface area contributed by atoms with E-state index in [0.29, 0.717) is 18.2 Å². The van der Waals surface area contributed by atoms with Crippen LogP contribution in [0.5, 0.6) is 0 Å². The number of carbonyl (C=O) groups is 1. The minimum atomic E-state index is 0.201. The Morgan fingerprint density at radius 1 is 1.44 bits per heavy atom. The minimum absolute atomic E-state index is 0.201. The number of carbonyl (C=O) groups excluding carboxylic acids is 1. The number of alkyl halides is 1. The maximum atomic E-state index is 11.9. The van der Waals surface area contributed by atoms with Gasteiger partial charge in [0.2, 0.25) is 5.91 Å². The Balaban J connectivity index is 2.27. The number of aryl methyl sites for hydroxylation is 1. The first-order chi connectivity index (χ1) is 7.76. The number of hydrogen-bond acceptors (Lipinski definition) is 1. The van der Waals surface area contributed by atoms with Crippen LogP contribution >= 0.6 is 11.6 Å². The number of benzene rings is 1. The molecule has 1 amide bonds. The molecule has 1 unspecified atom stereocenters. The molecule has 0 radical (unpaired) electrons. The Hall–Kier alpha value is -1.02. The molecular formula is C13H16ClNO. The molecule has 0 N–H and O–H groups in total. The van der Waals surface area contributed by atoms with Crippen LogP contribution in [0.15, 0.2) is 24.3 Å². The lowest BCUT2D eigenvalue weighted by molar-refractivity contribution is -0.117. The standard InChI is InChI=1S/C13H16ClNO/c1-2-11-5-3-4-6-12(11)15-9-10(8-14)7-13(15)16/h3-6,10H,2,7-9H2,1H3. The Morgan fingerprint density at radius 3 is 2.81 bits per heavy atom. The average Bonchev–Trinajstić information content (AvgIpc) is 2.70. The van der Waals surface area contributed by atoms with Gasteiger partial charge in [-0.25, -0.2) is 0 Å². The number of nitrogens with zero attached hydrogens (tertiary/aromatic N) is 1. The van der Waals surface area contributed by atoms with Gasteiger partial charge in [-0.05, 0) is 24.0 Å². The largest absolute Gasteiger partial charge is 0.312 e. The van der Waals surface area contributed by atoms with Crippen molar-refractivity contribution >= 4 is 23.2 Å². The first kappa shape index (κ1) is 11.5. The fourth-order valence-corrected chi connectivity index (χ4v) is 2.40. The van der Waals surface area contributed by atoms with Crippen LogP contribution in [-0.2, 0) is 11.2 Å². The lowest BCUT2D eigenvalue weighted by Crippen LogP contribution is -2.25. The van der Waals surface area contributed by atoms with Gasteiger partial charge >= 0.3 is 0 Å². The molecule has 0 aromatic heterocycles. The molecule has 1 saturated heterocycles. The molecular weight excluding hydrogens is 222 g/mol. The van der Waals surface area contributed by atoms with Crippen LogP contribution in [0.25, 0.3) is 0 Å². The maximum absolute atomic E-state index is 11.9. The second-order valence-electron chi connectivity index (χ2n) is 4.21. The zero-order valence-corrected chi connectivity index (χ0v) is 10.2. The molecule has 1 fully saturated rings. The fraction of sp³-hybridized carbons (Fsp3) is 0.462. The molecule has 0 saturated carbocycles. The first-order valence-electron chi connectivity index (χ1n) is 5.70. The van der Waals surface area contributed by atoms with E-state index in [0.717, 1.165) is 18.7 Å². The van der Waals surface area contributed by atoms with Crippen LogP contribution in [0.3, 0.4) is 0 Å². The Morgan fingerprint density at radius 2 is 2.19 bits per heavy atom. The summed E-state index contributed by atoms with van der Waals surface area (Å²) in [5, 5.41) is 0. The lowest BCUT2D eigenvalue weighted by atomic mass is 10.1. The summed E-state index contributed by atoms with van der Waals surface area (Å²) in [5.74, 6) is 1.07. The molecule has 0 aliphatic carbocycles. The second kappa shape index (κ2) is 4.88. The van der Waals surface area contributed by atoms with E-state index in [-0.39, 0.29) is 5.91 Å². The van der Waals surface area contributed by atoms with Gasteiger partial charge in [-0.1, -0.05) is 25.1 Å². The molecule has 2 rings (SSSR count). The SMILES string of the molecule is CCc1ccccc1N1CC(CCl)CC1=O. The molecule has 86 valence electrons. The summed E-state index contributed by atoms with van der Waals surface area (Å²) < 4.78 is 0. The smallest absolute Gasteiger partial charge is 0.227 e. The highest BCUT2D eigenvalue weighted by Crippen LogP contribution is 2.28. The zero-order valence-electron chi connectivity index (χ0n) is 9.45. The van der Waals surface area contributed by atoms with Crippen molar-refractivity contribution in [1.82, 2.24) is 0 Å². The van der Waals surface area contributed by atoms with Gasteiger partial charge in [0.15, 0.2) is 0 Å². The van der Waals surface area contributed by atoms with E-state index in [4.69, 9.17) is 11.6 Å². The van der Waals surface area contributed by atoms with E-state index in [1.165, 1.54) is 5.56 Å². The Labute approximate surface area is 101 Å². The number of hydrogen-bond donors (Lipinski definition) is 0. The molecule has 0 bridgehead atoms. The summed E-state index contributed by atoms with van der Waals surface area (Å²) in [4.78, 5) is 13.8. The van der Waals surface area contributed by atoms with Crippen LogP contribution in [0, 0.1) is 5.92 Å². The number of para-hydroxylation sites is 1. The summed E-state index contributed by atoms with van der Waals surface area (Å²) in [7, 11) is 0. The van der Waals surface area contributed by atoms with Crippen LogP contribution in [-0.4, -0.2) is 18.3 Å². The Bertz CT molecular complexity index is 391. The molecule has 1 aliphatic heterocycles. The van der Waals surface area contributed by atoms with Crippen LogP contribution < -0.4 is 4.90 Å². The van der Waals surface area contributed by atoms with Crippen molar-refractivity contribution in [3.8, 4) is 0 Å². The highest BCUT2D eigenvalue weighted by molar-refractivity contribution is 6.18. The van der Waals surface area contributed by atoms with Gasteiger partial charge in [0, 0.05) is 24.5 Å². The van der Waals surface area contributed by atoms with Crippen LogP contribution in [0.4, 0.5) is 5.69 Å². The number of anilines is 1. The van der Waals surface area contributed by atoms with Crippen molar-refractivity contribution in [3.63, 3.8) is 0 Å². The minimum Gasteiger partial charge on any atom is -0.312 e. The third-order valence-corrected chi connectivity index (χ3v) is 3.52. The van der Waals surface area contributed by atoms with E-state index in [9.17, 15) is 4.79 Å². The molecule has 2 nitrogen and oxygen atoms in total. The van der Waals surface area contributed by atoms with E-state index in [1.54, 1.807) is 0 Å². The second-order valence-corrected chi connectivity index (χ2v) is 4.52. The summed E-state index contributed by atoms with van der Waals surface area (Å²) in [6, 6.07) is 8.10. The predicted molar refractivity (Wildman–Crippen MR) is 67.0 cm³/mol. The van der Waals surface area contributed by atoms with Crippen molar-refractivity contribution < 1.29 is 4.79 Å². The van der Waals surface area contributed by atoms with Gasteiger partial charge in [-0.2, -0.15) is 0 Å². The number of rotatable bonds is 3. The van der Waals surface area contributed by atoms with Gasteiger partial charge in [0.1, 0.15) is 0 Å². The van der Waals surface area contributed by atoms with Gasteiger partial charge < -0.3 is 4.90 Å². The molecule has 1 heterocycles. The quantitative estimate of drug-likeness (QED) is 0.741. The zero-order chi connectivity index (χ0) is 11.5. The van der Waals surface area contributed by atoms with E-state index in [1.807, 2.05) is 23.1 Å². The van der Waals surface area contributed by atoms with Crippen molar-refractivity contribution in [2.75, 3.05) is 17.3 Å². The maximum Gasteiger partial charge on any atom is 0.227 e. The van der Waals surface area contributed by atoms with Crippen molar-refractivity contribution in [1.29, 1.82) is 0 Å². The van der Waals surface area contributed by atoms with Crippen molar-refractivity contribution in [3.05, 3.63) is 29.8 Å². The summed E-state index contributed by atoms with van der Waals surface area (Å²) in [6.45, 7) is 2.87. The van der Waals surface area contributed by atoms with Crippen molar-refractivity contribution in [2.24, 2.45) is 5.92 Å². The number of halogens is 1. The highest BCUT2D eigenvalue weighted by Gasteiger charge is 2.30. The number of amides is 1. The van der Waals surface area contributed by atoms with Gasteiger partial charge in [0.25, 0.3) is 0 Å². The molecule has 1 aromatic rings. The van der Waals surface area contributed by atoms with E-state index >= 15 is 0 Å². The van der Waals surface area contributed by atoms with Gasteiger partial charge in [0.05, 0.1) is 0 Å². The highest BCUT2D eigenvalue weighted by atomic mass is 35.5. The Kier molecular flexibility index (Phi) is 3.49. The predicted octanol–water partition coefficient (Wildman–Crippen LogP) is 2.84. The summed E-state index contributed by atoms with van der Waals surface area (Å²) in [6.07, 6.45) is 1.53. The third-order valence-electron chi connectivity index (χ3n) is 3.09. The lowest BCUT2D eigenvalue weighted by Gasteiger charge is -2.19. The first-order valence-corrected chi connectivity index (χ1v) is 6.24. The van der Waals surface area contributed by atoms with Crippen LogP contribution in [0.2, 0.25) is 0 Å². The van der Waals surface area contributed by atoms with Crippen LogP contribution in [0.1, 0.15) is 18.9 Å².